The summed E-state index contributed by atoms with van der Waals surface area (Å²) in [5, 5.41) is 8.50. The molecule has 0 spiro atoms. The number of hydrogen-bond acceptors (Lipinski definition) is 1. The maximum Gasteiger partial charge on any atom is 0.0693 e. The Hall–Kier alpha value is -0.950. The molecule has 0 aliphatic heterocycles. The van der Waals surface area contributed by atoms with Crippen molar-refractivity contribution in [1.29, 1.82) is 5.26 Å². The van der Waals surface area contributed by atoms with E-state index in [0.717, 1.165) is 0 Å². The Bertz CT molecular complexity index is 173. The zero-order valence-electron chi connectivity index (χ0n) is 6.15. The molecular formula is C8H11N. The van der Waals surface area contributed by atoms with E-state index in [1.807, 2.05) is 13.8 Å². The van der Waals surface area contributed by atoms with Crippen molar-refractivity contribution in [3.63, 3.8) is 0 Å². The Morgan fingerprint density at radius 1 is 1.44 bits per heavy atom. The lowest BCUT2D eigenvalue weighted by Crippen LogP contribution is -2.05. The molecule has 0 amide bonds. The van der Waals surface area contributed by atoms with Crippen LogP contribution in [-0.2, 0) is 0 Å². The van der Waals surface area contributed by atoms with Crippen molar-refractivity contribution >= 4 is 0 Å². The van der Waals surface area contributed by atoms with E-state index in [1.165, 1.54) is 0 Å². The molecular weight excluding hydrogens is 110 g/mol. The summed E-state index contributed by atoms with van der Waals surface area (Å²) in [6.45, 7) is 5.56. The zero-order chi connectivity index (χ0) is 7.33. The predicted molar refractivity (Wildman–Crippen MR) is 37.5 cm³/mol. The summed E-state index contributed by atoms with van der Waals surface area (Å²) in [5.41, 5.74) is -0.275. The molecule has 0 aliphatic carbocycles. The lowest BCUT2D eigenvalue weighted by atomic mass is 9.92. The minimum Gasteiger partial charge on any atom is -0.198 e. The van der Waals surface area contributed by atoms with Crippen molar-refractivity contribution in [1.82, 2.24) is 0 Å². The van der Waals surface area contributed by atoms with Crippen molar-refractivity contribution in [3.8, 4) is 17.9 Å². The first kappa shape index (κ1) is 8.05. The van der Waals surface area contributed by atoms with E-state index >= 15 is 0 Å². The summed E-state index contributed by atoms with van der Waals surface area (Å²) in [4.78, 5) is 0. The first-order chi connectivity index (χ1) is 4.12. The molecule has 0 aromatic heterocycles. The lowest BCUT2D eigenvalue weighted by molar-refractivity contribution is 0.513. The van der Waals surface area contributed by atoms with Crippen LogP contribution < -0.4 is 0 Å². The van der Waals surface area contributed by atoms with Crippen molar-refractivity contribution in [2.45, 2.75) is 27.2 Å². The van der Waals surface area contributed by atoms with Crippen molar-refractivity contribution < 1.29 is 0 Å². The molecule has 0 bridgehead atoms. The lowest BCUT2D eigenvalue weighted by Gasteiger charge is -2.08. The van der Waals surface area contributed by atoms with Crippen LogP contribution in [0.4, 0.5) is 0 Å². The average molecular weight is 121 g/mol. The predicted octanol–water partition coefficient (Wildman–Crippen LogP) is 1.95. The molecule has 0 N–H and O–H groups in total. The Labute approximate surface area is 56.7 Å². The standard InChI is InChI=1S/C8H11N/c1-4-5-6-8(2,3)7-9/h6H2,1-3H3. The van der Waals surface area contributed by atoms with Crippen LogP contribution in [0.2, 0.25) is 0 Å². The molecule has 48 valence electrons. The molecule has 0 saturated heterocycles. The quantitative estimate of drug-likeness (QED) is 0.486. The largest absolute Gasteiger partial charge is 0.198 e. The Balaban J connectivity index is 3.86. The second kappa shape index (κ2) is 3.15. The Morgan fingerprint density at radius 2 is 2.00 bits per heavy atom. The van der Waals surface area contributed by atoms with Gasteiger partial charge in [-0.05, 0) is 20.8 Å². The molecule has 0 saturated carbocycles. The fourth-order valence-electron chi connectivity index (χ4n) is 0.349. The van der Waals surface area contributed by atoms with E-state index in [2.05, 4.69) is 17.9 Å². The van der Waals surface area contributed by atoms with Crippen molar-refractivity contribution in [2.75, 3.05) is 0 Å². The highest BCUT2D eigenvalue weighted by Gasteiger charge is 2.13. The second-order valence-electron chi connectivity index (χ2n) is 2.60. The summed E-state index contributed by atoms with van der Waals surface area (Å²) in [5.74, 6) is 5.62. The minimum atomic E-state index is -0.275. The third-order valence-electron chi connectivity index (χ3n) is 1.01. The topological polar surface area (TPSA) is 23.8 Å². The first-order valence-corrected chi connectivity index (χ1v) is 2.93. The van der Waals surface area contributed by atoms with Crippen molar-refractivity contribution in [2.24, 2.45) is 5.41 Å². The van der Waals surface area contributed by atoms with Gasteiger partial charge in [0.25, 0.3) is 0 Å². The summed E-state index contributed by atoms with van der Waals surface area (Å²) in [6.07, 6.45) is 0.667. The highest BCUT2D eigenvalue weighted by molar-refractivity contribution is 5.05. The third kappa shape index (κ3) is 3.62. The monoisotopic (exact) mass is 121 g/mol. The van der Waals surface area contributed by atoms with Gasteiger partial charge in [0.15, 0.2) is 0 Å². The molecule has 0 aromatic carbocycles. The van der Waals surface area contributed by atoms with E-state index in [1.54, 1.807) is 6.92 Å². The number of nitrogens with zero attached hydrogens (tertiary/aromatic N) is 1. The summed E-state index contributed by atoms with van der Waals surface area (Å²) < 4.78 is 0. The van der Waals surface area contributed by atoms with E-state index in [0.29, 0.717) is 6.42 Å². The van der Waals surface area contributed by atoms with Crippen LogP contribution >= 0.6 is 0 Å². The highest BCUT2D eigenvalue weighted by atomic mass is 14.3. The SMILES string of the molecule is CC#CCC(C)(C)C#N. The number of nitriles is 1. The maximum atomic E-state index is 8.50. The molecule has 1 nitrogen and oxygen atoms in total. The molecule has 0 atom stereocenters. The summed E-state index contributed by atoms with van der Waals surface area (Å²) in [7, 11) is 0. The van der Waals surface area contributed by atoms with Gasteiger partial charge in [-0.2, -0.15) is 5.26 Å². The van der Waals surface area contributed by atoms with Gasteiger partial charge in [-0.3, -0.25) is 0 Å². The van der Waals surface area contributed by atoms with Gasteiger partial charge in [-0.15, -0.1) is 11.8 Å². The van der Waals surface area contributed by atoms with E-state index in [-0.39, 0.29) is 5.41 Å². The van der Waals surface area contributed by atoms with Crippen LogP contribution in [0.3, 0.4) is 0 Å². The van der Waals surface area contributed by atoms with Crippen LogP contribution in [0.1, 0.15) is 27.2 Å². The normalized spacial score (nSPS) is 9.11. The molecule has 0 fully saturated rings. The van der Waals surface area contributed by atoms with Crippen LogP contribution in [0, 0.1) is 28.6 Å². The molecule has 0 heterocycles. The number of rotatable bonds is 1. The first-order valence-electron chi connectivity index (χ1n) is 2.93. The van der Waals surface area contributed by atoms with Gasteiger partial charge in [0.1, 0.15) is 0 Å². The van der Waals surface area contributed by atoms with Crippen LogP contribution in [-0.4, -0.2) is 0 Å². The van der Waals surface area contributed by atoms with Gasteiger partial charge in [0.2, 0.25) is 0 Å². The maximum absolute atomic E-state index is 8.50. The Kier molecular flexibility index (Phi) is 2.82. The molecule has 0 unspecified atom stereocenters. The average Bonchev–Trinajstić information content (AvgIpc) is 1.84. The van der Waals surface area contributed by atoms with Gasteiger partial charge in [-0.25, -0.2) is 0 Å². The zero-order valence-corrected chi connectivity index (χ0v) is 6.15. The van der Waals surface area contributed by atoms with Crippen LogP contribution in [0.5, 0.6) is 0 Å². The molecule has 1 heteroatoms. The molecule has 9 heavy (non-hydrogen) atoms. The van der Waals surface area contributed by atoms with E-state index in [9.17, 15) is 0 Å². The third-order valence-corrected chi connectivity index (χ3v) is 1.01. The summed E-state index contributed by atoms with van der Waals surface area (Å²) >= 11 is 0. The van der Waals surface area contributed by atoms with Gasteiger partial charge < -0.3 is 0 Å². The van der Waals surface area contributed by atoms with E-state index in [4.69, 9.17) is 5.26 Å². The Morgan fingerprint density at radius 3 is 2.33 bits per heavy atom. The smallest absolute Gasteiger partial charge is 0.0693 e. The summed E-state index contributed by atoms with van der Waals surface area (Å²) in [6, 6.07) is 2.17. The second-order valence-corrected chi connectivity index (χ2v) is 2.60. The molecule has 0 radical (unpaired) electrons. The van der Waals surface area contributed by atoms with Gasteiger partial charge in [0, 0.05) is 6.42 Å². The fourth-order valence-corrected chi connectivity index (χ4v) is 0.349. The number of hydrogen-bond donors (Lipinski definition) is 0. The van der Waals surface area contributed by atoms with E-state index < -0.39 is 0 Å². The molecule has 0 aromatic rings. The molecule has 0 aliphatic rings. The van der Waals surface area contributed by atoms with Gasteiger partial charge in [-0.1, -0.05) is 0 Å². The highest BCUT2D eigenvalue weighted by Crippen LogP contribution is 2.16. The fraction of sp³-hybridized carbons (Fsp3) is 0.625. The van der Waals surface area contributed by atoms with Crippen LogP contribution in [0.25, 0.3) is 0 Å². The van der Waals surface area contributed by atoms with Crippen molar-refractivity contribution in [3.05, 3.63) is 0 Å². The van der Waals surface area contributed by atoms with Gasteiger partial charge in [0.05, 0.1) is 11.5 Å². The minimum absolute atomic E-state index is 0.275. The van der Waals surface area contributed by atoms with Crippen LogP contribution in [0.15, 0.2) is 0 Å². The molecule has 0 rings (SSSR count). The van der Waals surface area contributed by atoms with Gasteiger partial charge >= 0.3 is 0 Å².